The van der Waals surface area contributed by atoms with Crippen molar-refractivity contribution in [2.75, 3.05) is 3.93 Å². The largest absolute Gasteiger partial charge is 0.284 e. The molecule has 0 atom stereocenters. The highest BCUT2D eigenvalue weighted by molar-refractivity contribution is 9.10. The van der Waals surface area contributed by atoms with Gasteiger partial charge in [-0.2, -0.15) is 0 Å². The lowest BCUT2D eigenvalue weighted by molar-refractivity contribution is 1.04. The van der Waals surface area contributed by atoms with Crippen LogP contribution < -0.4 is 24.8 Å². The van der Waals surface area contributed by atoms with E-state index < -0.39 is 0 Å². The van der Waals surface area contributed by atoms with Crippen molar-refractivity contribution >= 4 is 56.4 Å². The van der Waals surface area contributed by atoms with Gasteiger partial charge < -0.3 is 0 Å². The molecule has 0 unspecified atom stereocenters. The van der Waals surface area contributed by atoms with E-state index in [-0.39, 0.29) is 0 Å². The number of hydrogen-bond donors (Lipinski definition) is 0. The van der Waals surface area contributed by atoms with E-state index in [1.165, 1.54) is 50.2 Å². The smallest absolute Gasteiger partial charge is 0.0603 e. The van der Waals surface area contributed by atoms with Gasteiger partial charge in [-0.05, 0) is 57.8 Å². The second-order valence-corrected chi connectivity index (χ2v) is 6.69. The fourth-order valence-electron chi connectivity index (χ4n) is 3.90. The Bertz CT molecular complexity index is 1070. The second-order valence-electron chi connectivity index (χ2n) is 5.92. The first kappa shape index (κ1) is 11.8. The van der Waals surface area contributed by atoms with E-state index in [0.717, 1.165) is 6.42 Å². The number of fused-ring (bicyclic) bond motifs is 2. The number of benzene rings is 2. The van der Waals surface area contributed by atoms with Gasteiger partial charge >= 0.3 is 0 Å². The molecule has 102 valence electrons. The van der Waals surface area contributed by atoms with Crippen LogP contribution in [0.15, 0.2) is 30.5 Å². The van der Waals surface area contributed by atoms with E-state index in [1.807, 2.05) is 10.1 Å². The Morgan fingerprint density at radius 3 is 3.00 bits per heavy atom. The summed E-state index contributed by atoms with van der Waals surface area (Å²) >= 11 is 3.63. The zero-order chi connectivity index (χ0) is 14.0. The van der Waals surface area contributed by atoms with Crippen LogP contribution in [0.25, 0.3) is 34.6 Å². The minimum absolute atomic E-state index is 1.10. The van der Waals surface area contributed by atoms with Gasteiger partial charge in [-0.1, -0.05) is 35.9 Å². The first-order valence-electron chi connectivity index (χ1n) is 7.45. The molecule has 0 amide bonds. The summed E-state index contributed by atoms with van der Waals surface area (Å²) in [4.78, 5) is 0. The Morgan fingerprint density at radius 1 is 1.10 bits per heavy atom. The molecule has 2 aromatic carbocycles. The Balaban J connectivity index is 2.14. The summed E-state index contributed by atoms with van der Waals surface area (Å²) in [6.07, 6.45) is 14.7. The van der Waals surface area contributed by atoms with Gasteiger partial charge in [0, 0.05) is 11.4 Å². The zero-order valence-electron chi connectivity index (χ0n) is 11.6. The van der Waals surface area contributed by atoms with Crippen LogP contribution in [0.2, 0.25) is 0 Å². The van der Waals surface area contributed by atoms with Crippen LogP contribution in [0.4, 0.5) is 5.69 Å². The van der Waals surface area contributed by atoms with Crippen molar-refractivity contribution in [2.45, 2.75) is 19.3 Å². The minimum Gasteiger partial charge on any atom is -0.284 e. The predicted octanol–water partition coefficient (Wildman–Crippen LogP) is 2.17. The van der Waals surface area contributed by atoms with Crippen LogP contribution in [0.3, 0.4) is 0 Å². The van der Waals surface area contributed by atoms with E-state index >= 15 is 0 Å². The highest BCUT2D eigenvalue weighted by Gasteiger charge is 2.15. The van der Waals surface area contributed by atoms with Crippen molar-refractivity contribution in [1.82, 2.24) is 0 Å². The lowest BCUT2D eigenvalue weighted by atomic mass is 9.88. The van der Waals surface area contributed by atoms with Gasteiger partial charge in [-0.3, -0.25) is 3.93 Å². The molecule has 2 heteroatoms. The maximum Gasteiger partial charge on any atom is 0.0603 e. The molecule has 0 saturated heterocycles. The third-order valence-electron chi connectivity index (χ3n) is 4.83. The summed E-state index contributed by atoms with van der Waals surface area (Å²) in [5.41, 5.74) is 2.85. The molecule has 2 aromatic rings. The average molecular weight is 336 g/mol. The van der Waals surface area contributed by atoms with E-state index in [1.54, 1.807) is 5.57 Å². The summed E-state index contributed by atoms with van der Waals surface area (Å²) in [5, 5.41) is 8.47. The number of nitrogens with zero attached hydrogens (tertiary/aromatic N) is 1. The van der Waals surface area contributed by atoms with Crippen LogP contribution >= 0.6 is 16.1 Å². The molecule has 0 saturated carbocycles. The number of hydrogen-bond acceptors (Lipinski definition) is 1. The summed E-state index contributed by atoms with van der Waals surface area (Å²) < 4.78 is 2.04. The molecule has 21 heavy (non-hydrogen) atoms. The van der Waals surface area contributed by atoms with Crippen LogP contribution in [-0.4, -0.2) is 0 Å². The molecule has 0 aromatic heterocycles. The van der Waals surface area contributed by atoms with Gasteiger partial charge in [0.2, 0.25) is 0 Å². The van der Waals surface area contributed by atoms with E-state index in [9.17, 15) is 0 Å². The molecule has 1 heterocycles. The van der Waals surface area contributed by atoms with Gasteiger partial charge in [0.1, 0.15) is 0 Å². The molecule has 0 radical (unpaired) electrons. The van der Waals surface area contributed by atoms with Crippen molar-refractivity contribution in [2.24, 2.45) is 0 Å². The first-order valence-corrected chi connectivity index (χ1v) is 8.15. The molecule has 3 aliphatic rings. The van der Waals surface area contributed by atoms with Crippen molar-refractivity contribution < 1.29 is 0 Å². The quantitative estimate of drug-likeness (QED) is 0.667. The zero-order valence-corrected chi connectivity index (χ0v) is 13.2. The van der Waals surface area contributed by atoms with Crippen LogP contribution in [0.5, 0.6) is 0 Å². The Labute approximate surface area is 131 Å². The first-order chi connectivity index (χ1) is 10.3. The predicted molar refractivity (Wildman–Crippen MR) is 93.6 cm³/mol. The monoisotopic (exact) mass is 335 g/mol. The van der Waals surface area contributed by atoms with Crippen molar-refractivity contribution in [3.05, 3.63) is 51.3 Å². The standard InChI is InChI=1S/C19H14BrN/c20-21-10-2-5-15-16-9-8-13-4-1-3-12-6-7-14(11-17(15)21)19(16)18(12)13/h2,4-5,7-11H,1,3,6H2. The third-order valence-corrected chi connectivity index (χ3v) is 5.45. The Hall–Kier alpha value is -1.80. The number of allylic oxidation sites excluding steroid dienone is 1. The lowest BCUT2D eigenvalue weighted by Crippen LogP contribution is -2.37. The molecule has 0 bridgehead atoms. The normalized spacial score (nSPS) is 18.0. The van der Waals surface area contributed by atoms with Crippen LogP contribution in [0.1, 0.15) is 19.3 Å². The summed E-state index contributed by atoms with van der Waals surface area (Å²) in [5.74, 6) is 0. The molecular weight excluding hydrogens is 322 g/mol. The molecule has 0 fully saturated rings. The van der Waals surface area contributed by atoms with Gasteiger partial charge in [-0.15, -0.1) is 0 Å². The van der Waals surface area contributed by atoms with Crippen LogP contribution in [-0.2, 0) is 0 Å². The van der Waals surface area contributed by atoms with Gasteiger partial charge in [0.15, 0.2) is 0 Å². The topological polar surface area (TPSA) is 3.24 Å². The summed E-state index contributed by atoms with van der Waals surface area (Å²) in [6, 6.07) is 6.92. The third kappa shape index (κ3) is 1.51. The van der Waals surface area contributed by atoms with E-state index in [2.05, 4.69) is 58.7 Å². The average Bonchev–Trinajstić information content (AvgIpc) is 2.53. The molecule has 5 rings (SSSR count). The van der Waals surface area contributed by atoms with Crippen molar-refractivity contribution in [1.29, 1.82) is 0 Å². The minimum atomic E-state index is 1.10. The SMILES string of the molecule is BrN1C=CC=c2c1cc1c3c4c(ccc23)=CCCC=4CC=1. The van der Waals surface area contributed by atoms with E-state index in [0.29, 0.717) is 0 Å². The fourth-order valence-corrected chi connectivity index (χ4v) is 4.33. The highest BCUT2D eigenvalue weighted by Crippen LogP contribution is 2.21. The molecule has 1 aliphatic heterocycles. The number of halogens is 1. The molecular formula is C19H14BrN. The summed E-state index contributed by atoms with van der Waals surface area (Å²) in [6.45, 7) is 0. The number of anilines is 1. The fraction of sp³-hybridized carbons (Fsp3) is 0.158. The number of rotatable bonds is 0. The molecule has 0 spiro atoms. The second kappa shape index (κ2) is 4.11. The molecule has 0 N–H and O–H groups in total. The van der Waals surface area contributed by atoms with E-state index in [4.69, 9.17) is 0 Å². The lowest BCUT2D eigenvalue weighted by Gasteiger charge is -2.21. The van der Waals surface area contributed by atoms with Crippen molar-refractivity contribution in [3.8, 4) is 0 Å². The summed E-state index contributed by atoms with van der Waals surface area (Å²) in [7, 11) is 0. The molecule has 2 aliphatic carbocycles. The van der Waals surface area contributed by atoms with Gasteiger partial charge in [0.05, 0.1) is 21.8 Å². The Morgan fingerprint density at radius 2 is 2.05 bits per heavy atom. The van der Waals surface area contributed by atoms with Crippen LogP contribution in [0, 0.1) is 0 Å². The molecule has 1 nitrogen and oxygen atoms in total. The maximum atomic E-state index is 3.63. The maximum absolute atomic E-state index is 3.63. The van der Waals surface area contributed by atoms with Gasteiger partial charge in [-0.25, -0.2) is 0 Å². The van der Waals surface area contributed by atoms with Gasteiger partial charge in [0.25, 0.3) is 0 Å². The highest BCUT2D eigenvalue weighted by atomic mass is 79.9. The Kier molecular flexibility index (Phi) is 2.31. The van der Waals surface area contributed by atoms with Crippen molar-refractivity contribution in [3.63, 3.8) is 0 Å².